The van der Waals surface area contributed by atoms with Crippen LogP contribution in [0.25, 0.3) is 0 Å². The van der Waals surface area contributed by atoms with Crippen LogP contribution in [0.4, 0.5) is 14.9 Å². The monoisotopic (exact) mass is 363 g/mol. The van der Waals surface area contributed by atoms with Crippen LogP contribution in [0.3, 0.4) is 0 Å². The van der Waals surface area contributed by atoms with Crippen LogP contribution in [0.5, 0.6) is 0 Å². The molecule has 1 heterocycles. The maximum atomic E-state index is 13.3. The zero-order valence-electron chi connectivity index (χ0n) is 14.9. The summed E-state index contributed by atoms with van der Waals surface area (Å²) < 4.78 is 18.8. The van der Waals surface area contributed by atoms with Crippen molar-refractivity contribution >= 4 is 17.6 Å². The van der Waals surface area contributed by atoms with Crippen LogP contribution < -0.4 is 16.0 Å². The summed E-state index contributed by atoms with van der Waals surface area (Å²) >= 11 is 0. The fourth-order valence-corrected chi connectivity index (χ4v) is 3.69. The zero-order chi connectivity index (χ0) is 18.4. The molecule has 0 bridgehead atoms. The first-order valence-corrected chi connectivity index (χ1v) is 9.32. The van der Waals surface area contributed by atoms with Gasteiger partial charge < -0.3 is 20.7 Å². The Bertz CT molecular complexity index is 641. The van der Waals surface area contributed by atoms with E-state index in [4.69, 9.17) is 4.74 Å². The third-order valence-corrected chi connectivity index (χ3v) is 5.09. The van der Waals surface area contributed by atoms with Crippen molar-refractivity contribution in [2.45, 2.75) is 56.6 Å². The maximum Gasteiger partial charge on any atom is 0.320 e. The van der Waals surface area contributed by atoms with Crippen LogP contribution in [0.15, 0.2) is 24.3 Å². The number of ether oxygens (including phenoxy) is 1. The van der Waals surface area contributed by atoms with Crippen molar-refractivity contribution in [1.82, 2.24) is 10.6 Å². The molecule has 142 valence electrons. The van der Waals surface area contributed by atoms with Gasteiger partial charge in [-0.2, -0.15) is 0 Å². The Morgan fingerprint density at radius 2 is 2.00 bits per heavy atom. The van der Waals surface area contributed by atoms with Crippen LogP contribution in [-0.4, -0.2) is 36.7 Å². The van der Waals surface area contributed by atoms with Crippen molar-refractivity contribution in [3.63, 3.8) is 0 Å². The number of urea groups is 1. The summed E-state index contributed by atoms with van der Waals surface area (Å²) in [5.74, 6) is -0.591. The van der Waals surface area contributed by atoms with Gasteiger partial charge in [-0.25, -0.2) is 9.18 Å². The molecule has 1 aromatic carbocycles. The first-order chi connectivity index (χ1) is 12.6. The first-order valence-electron chi connectivity index (χ1n) is 9.32. The van der Waals surface area contributed by atoms with Crippen LogP contribution in [0, 0.1) is 5.82 Å². The molecule has 0 radical (unpaired) electrons. The number of benzene rings is 1. The van der Waals surface area contributed by atoms with Crippen LogP contribution in [-0.2, 0) is 9.53 Å². The normalized spacial score (nSPS) is 21.8. The second kappa shape index (κ2) is 8.49. The Morgan fingerprint density at radius 1 is 1.19 bits per heavy atom. The quantitative estimate of drug-likeness (QED) is 0.752. The van der Waals surface area contributed by atoms with E-state index >= 15 is 0 Å². The molecule has 3 amide bonds. The predicted octanol–water partition coefficient (Wildman–Crippen LogP) is 2.95. The lowest BCUT2D eigenvalue weighted by Gasteiger charge is -2.36. The molecule has 7 heteroatoms. The molecule has 3 N–H and O–H groups in total. The van der Waals surface area contributed by atoms with E-state index in [1.54, 1.807) is 6.07 Å². The molecule has 6 nitrogen and oxygen atoms in total. The summed E-state index contributed by atoms with van der Waals surface area (Å²) in [6.07, 6.45) is 6.03. The SMILES string of the molecule is O=C(Nc1cccc(F)c1)NC1(C(=O)NC[C@@H]2CCCO2)CCCCC1. The fourth-order valence-electron chi connectivity index (χ4n) is 3.69. The van der Waals surface area contributed by atoms with Crippen molar-refractivity contribution in [1.29, 1.82) is 0 Å². The summed E-state index contributed by atoms with van der Waals surface area (Å²) in [7, 11) is 0. The summed E-state index contributed by atoms with van der Waals surface area (Å²) in [4.78, 5) is 25.3. The molecule has 0 unspecified atom stereocenters. The lowest BCUT2D eigenvalue weighted by atomic mass is 9.81. The molecule has 2 fully saturated rings. The Labute approximate surface area is 152 Å². The average molecular weight is 363 g/mol. The van der Waals surface area contributed by atoms with E-state index in [-0.39, 0.29) is 12.0 Å². The number of rotatable bonds is 5. The minimum absolute atomic E-state index is 0.0562. The summed E-state index contributed by atoms with van der Waals surface area (Å²) in [5.41, 5.74) is -0.568. The Balaban J connectivity index is 1.62. The highest BCUT2D eigenvalue weighted by molar-refractivity contribution is 5.96. The molecule has 1 aromatic rings. The molecule has 1 saturated heterocycles. The van der Waals surface area contributed by atoms with Gasteiger partial charge in [0, 0.05) is 18.8 Å². The maximum absolute atomic E-state index is 13.3. The number of hydrogen-bond acceptors (Lipinski definition) is 3. The molecule has 0 spiro atoms. The van der Waals surface area contributed by atoms with Gasteiger partial charge in [0.05, 0.1) is 6.10 Å². The fraction of sp³-hybridized carbons (Fsp3) is 0.579. The molecular weight excluding hydrogens is 337 g/mol. The Morgan fingerprint density at radius 3 is 2.69 bits per heavy atom. The number of amides is 3. The van der Waals surface area contributed by atoms with E-state index in [0.717, 1.165) is 38.7 Å². The van der Waals surface area contributed by atoms with Gasteiger partial charge in [-0.05, 0) is 43.9 Å². The van der Waals surface area contributed by atoms with E-state index in [9.17, 15) is 14.0 Å². The third kappa shape index (κ3) is 4.72. The number of carbonyl (C=O) groups excluding carboxylic acids is 2. The number of hydrogen-bond donors (Lipinski definition) is 3. The van der Waals surface area contributed by atoms with Crippen molar-refractivity contribution in [3.8, 4) is 0 Å². The second-order valence-electron chi connectivity index (χ2n) is 7.08. The average Bonchev–Trinajstić information content (AvgIpc) is 3.14. The lowest BCUT2D eigenvalue weighted by Crippen LogP contribution is -2.61. The molecular formula is C19H26FN3O3. The third-order valence-electron chi connectivity index (χ3n) is 5.09. The highest BCUT2D eigenvalue weighted by Gasteiger charge is 2.41. The topological polar surface area (TPSA) is 79.5 Å². The van der Waals surface area contributed by atoms with Crippen molar-refractivity contribution < 1.29 is 18.7 Å². The molecule has 1 aliphatic carbocycles. The molecule has 1 saturated carbocycles. The number of halogens is 1. The number of anilines is 1. The van der Waals surface area contributed by atoms with Gasteiger partial charge in [-0.15, -0.1) is 0 Å². The lowest BCUT2D eigenvalue weighted by molar-refractivity contribution is -0.129. The van der Waals surface area contributed by atoms with Crippen LogP contribution in [0.2, 0.25) is 0 Å². The Hall–Kier alpha value is -2.15. The molecule has 3 rings (SSSR count). The van der Waals surface area contributed by atoms with Crippen molar-refractivity contribution in [3.05, 3.63) is 30.1 Å². The summed E-state index contributed by atoms with van der Waals surface area (Å²) in [6, 6.07) is 5.18. The molecule has 2 aliphatic rings. The van der Waals surface area contributed by atoms with E-state index in [1.807, 2.05) is 0 Å². The van der Waals surface area contributed by atoms with Gasteiger partial charge in [0.25, 0.3) is 0 Å². The van der Waals surface area contributed by atoms with Crippen molar-refractivity contribution in [2.24, 2.45) is 0 Å². The summed E-state index contributed by atoms with van der Waals surface area (Å²) in [6.45, 7) is 1.20. The van der Waals surface area contributed by atoms with E-state index in [0.29, 0.717) is 25.1 Å². The van der Waals surface area contributed by atoms with Gasteiger partial charge in [0.15, 0.2) is 0 Å². The van der Waals surface area contributed by atoms with Crippen LogP contribution >= 0.6 is 0 Å². The predicted molar refractivity (Wildman–Crippen MR) is 96.4 cm³/mol. The van der Waals surface area contributed by atoms with E-state index in [2.05, 4.69) is 16.0 Å². The van der Waals surface area contributed by atoms with Gasteiger partial charge in [0.2, 0.25) is 5.91 Å². The minimum Gasteiger partial charge on any atom is -0.376 e. The van der Waals surface area contributed by atoms with E-state index < -0.39 is 17.4 Å². The zero-order valence-corrected chi connectivity index (χ0v) is 14.9. The largest absolute Gasteiger partial charge is 0.376 e. The molecule has 1 aliphatic heterocycles. The second-order valence-corrected chi connectivity index (χ2v) is 7.08. The summed E-state index contributed by atoms with van der Waals surface area (Å²) in [5, 5.41) is 8.41. The molecule has 0 aromatic heterocycles. The number of nitrogens with one attached hydrogen (secondary N) is 3. The van der Waals surface area contributed by atoms with Gasteiger partial charge in [-0.1, -0.05) is 25.3 Å². The highest BCUT2D eigenvalue weighted by atomic mass is 19.1. The first kappa shape index (κ1) is 18.6. The molecule has 26 heavy (non-hydrogen) atoms. The highest BCUT2D eigenvalue weighted by Crippen LogP contribution is 2.29. The van der Waals surface area contributed by atoms with Crippen LogP contribution in [0.1, 0.15) is 44.9 Å². The smallest absolute Gasteiger partial charge is 0.320 e. The van der Waals surface area contributed by atoms with Crippen molar-refractivity contribution in [2.75, 3.05) is 18.5 Å². The number of carbonyl (C=O) groups is 2. The minimum atomic E-state index is -0.922. The molecule has 1 atom stereocenters. The Kier molecular flexibility index (Phi) is 6.08. The standard InChI is InChI=1S/C19H26FN3O3/c20-14-6-4-7-15(12-14)22-18(25)23-19(9-2-1-3-10-19)17(24)21-13-16-8-5-11-26-16/h4,6-7,12,16H,1-3,5,8-11,13H2,(H,21,24)(H2,22,23,25)/t16-/m0/s1. The van der Waals surface area contributed by atoms with Gasteiger partial charge >= 0.3 is 6.03 Å². The van der Waals surface area contributed by atoms with E-state index in [1.165, 1.54) is 18.2 Å². The van der Waals surface area contributed by atoms with Gasteiger partial charge in [0.1, 0.15) is 11.4 Å². The van der Waals surface area contributed by atoms with Gasteiger partial charge in [-0.3, -0.25) is 4.79 Å².